The standard InChI is InChI=1S/C68H115O11P/c1-4-7-10-13-16-19-22-25-28-30-32-34-37-39-42-45-48-51-54-57-66(70)75-61-65(79-68(72)59-56-53-50-47-44-41-38-35-33-31-29-26-23-20-17-14-11-8-5-2)63-77-80(73,74)76-62-64(60-69)78-67(71)58-55-52-49-46-43-40-36-27-24-21-18-15-12-9-6-3/h7-8,10-11,16-17,19-20,25-26,28-29,32-35,41,44,64-65,69H,4-6,9,12-15,18,21-24,27,30-31,36-40,42-43,45-63H2,1-3H3,(H,73,74)/b10-7-,11-8-,19-16-,20-17-,28-25-,29-26-,34-32-,35-33-,44-41-. The zero-order valence-electron chi connectivity index (χ0n) is 50.8. The Balaban J connectivity index is 4.80. The summed E-state index contributed by atoms with van der Waals surface area (Å²) in [7, 11) is -4.77. The number of rotatable bonds is 58. The van der Waals surface area contributed by atoms with E-state index in [9.17, 15) is 28.9 Å². The molecule has 0 aliphatic heterocycles. The molecule has 0 aromatic carbocycles. The number of carbonyl (C=O) groups excluding carboxylic acids is 3. The highest BCUT2D eigenvalue weighted by atomic mass is 31.2. The number of carbonyl (C=O) groups is 3. The van der Waals surface area contributed by atoms with Gasteiger partial charge in [0.25, 0.3) is 0 Å². The Morgan fingerprint density at radius 3 is 1.01 bits per heavy atom. The summed E-state index contributed by atoms with van der Waals surface area (Å²) in [5.41, 5.74) is 0. The van der Waals surface area contributed by atoms with E-state index in [1.165, 1.54) is 70.6 Å². The van der Waals surface area contributed by atoms with Gasteiger partial charge in [-0.2, -0.15) is 0 Å². The molecule has 458 valence electrons. The van der Waals surface area contributed by atoms with Crippen LogP contribution in [0.15, 0.2) is 109 Å². The number of aliphatic hydroxyl groups excluding tert-OH is 1. The van der Waals surface area contributed by atoms with E-state index in [2.05, 4.69) is 130 Å². The Bertz CT molecular complexity index is 1760. The van der Waals surface area contributed by atoms with Crippen molar-refractivity contribution in [3.8, 4) is 0 Å². The highest BCUT2D eigenvalue weighted by molar-refractivity contribution is 7.47. The fourth-order valence-electron chi connectivity index (χ4n) is 8.43. The first-order valence-electron chi connectivity index (χ1n) is 31.8. The molecule has 3 atom stereocenters. The zero-order chi connectivity index (χ0) is 58.3. The number of esters is 3. The van der Waals surface area contributed by atoms with E-state index in [4.69, 9.17) is 23.3 Å². The summed E-state index contributed by atoms with van der Waals surface area (Å²) in [6.45, 7) is 4.39. The maximum absolute atomic E-state index is 13.0. The van der Waals surface area contributed by atoms with Crippen molar-refractivity contribution in [1.82, 2.24) is 0 Å². The minimum atomic E-state index is -4.77. The fraction of sp³-hybridized carbons (Fsp3) is 0.691. The molecule has 0 saturated carbocycles. The molecule has 0 aliphatic rings. The lowest BCUT2D eigenvalue weighted by Gasteiger charge is -2.21. The summed E-state index contributed by atoms with van der Waals surface area (Å²) in [5, 5.41) is 9.85. The molecule has 0 amide bonds. The van der Waals surface area contributed by atoms with Gasteiger partial charge in [0.2, 0.25) is 0 Å². The average molecular weight is 1140 g/mol. The lowest BCUT2D eigenvalue weighted by atomic mass is 10.0. The molecule has 0 saturated heterocycles. The molecule has 12 heteroatoms. The molecule has 0 aliphatic carbocycles. The van der Waals surface area contributed by atoms with Gasteiger partial charge in [-0.05, 0) is 103 Å². The van der Waals surface area contributed by atoms with E-state index in [-0.39, 0.29) is 25.9 Å². The van der Waals surface area contributed by atoms with Crippen molar-refractivity contribution in [2.75, 3.05) is 26.4 Å². The molecule has 80 heavy (non-hydrogen) atoms. The highest BCUT2D eigenvalue weighted by Crippen LogP contribution is 2.43. The molecule has 0 aromatic heterocycles. The van der Waals surface area contributed by atoms with Crippen molar-refractivity contribution in [3.63, 3.8) is 0 Å². The number of hydrogen-bond acceptors (Lipinski definition) is 10. The molecule has 0 rings (SSSR count). The predicted octanol–water partition coefficient (Wildman–Crippen LogP) is 19.4. The Kier molecular flexibility index (Phi) is 58.3. The van der Waals surface area contributed by atoms with E-state index in [1.54, 1.807) is 0 Å². The summed E-state index contributed by atoms with van der Waals surface area (Å²) in [6.07, 6.45) is 74.6. The van der Waals surface area contributed by atoms with Gasteiger partial charge in [-0.25, -0.2) is 4.57 Å². The third-order valence-corrected chi connectivity index (χ3v) is 14.1. The molecular formula is C68H115O11P. The smallest absolute Gasteiger partial charge is 0.462 e. The largest absolute Gasteiger partial charge is 0.472 e. The van der Waals surface area contributed by atoms with E-state index in [0.717, 1.165) is 135 Å². The van der Waals surface area contributed by atoms with Crippen LogP contribution in [-0.4, -0.2) is 66.5 Å². The van der Waals surface area contributed by atoms with Gasteiger partial charge < -0.3 is 24.2 Å². The Hall–Kier alpha value is -3.86. The molecule has 0 radical (unpaired) electrons. The molecule has 0 bridgehead atoms. The second-order valence-electron chi connectivity index (χ2n) is 20.8. The maximum atomic E-state index is 13.0. The van der Waals surface area contributed by atoms with E-state index < -0.39 is 57.8 Å². The SMILES string of the molecule is CC/C=C\C/C=C\C/C=C\C/C=C\C/C=C\CCCCCC(=O)OC(COC(=O)CCCCCCCC/C=C\C/C=C\C/C=C\C/C=C\CC)COP(=O)(O)OCC(CO)OC(=O)CCCCCCCCCCCCCCCCC. The van der Waals surface area contributed by atoms with Gasteiger partial charge in [-0.15, -0.1) is 0 Å². The Morgan fingerprint density at radius 1 is 0.362 bits per heavy atom. The van der Waals surface area contributed by atoms with Crippen LogP contribution in [0.4, 0.5) is 0 Å². The maximum Gasteiger partial charge on any atom is 0.472 e. The third-order valence-electron chi connectivity index (χ3n) is 13.2. The van der Waals surface area contributed by atoms with Crippen LogP contribution in [0.1, 0.15) is 265 Å². The van der Waals surface area contributed by atoms with Crippen LogP contribution < -0.4 is 0 Å². The van der Waals surface area contributed by atoms with Crippen LogP contribution in [0.5, 0.6) is 0 Å². The molecule has 3 unspecified atom stereocenters. The number of ether oxygens (including phenoxy) is 3. The second kappa shape index (κ2) is 61.2. The van der Waals surface area contributed by atoms with Gasteiger partial charge in [0.05, 0.1) is 19.8 Å². The highest BCUT2D eigenvalue weighted by Gasteiger charge is 2.28. The van der Waals surface area contributed by atoms with Crippen LogP contribution in [-0.2, 0) is 42.2 Å². The van der Waals surface area contributed by atoms with Gasteiger partial charge >= 0.3 is 25.7 Å². The molecular weight excluding hydrogens is 1020 g/mol. The number of allylic oxidation sites excluding steroid dienone is 18. The van der Waals surface area contributed by atoms with E-state index >= 15 is 0 Å². The first kappa shape index (κ1) is 76.1. The molecule has 0 aromatic rings. The van der Waals surface area contributed by atoms with Crippen LogP contribution in [0, 0.1) is 0 Å². The molecule has 11 nitrogen and oxygen atoms in total. The monoisotopic (exact) mass is 1140 g/mol. The van der Waals surface area contributed by atoms with Crippen LogP contribution in [0.2, 0.25) is 0 Å². The minimum Gasteiger partial charge on any atom is -0.462 e. The van der Waals surface area contributed by atoms with Crippen molar-refractivity contribution in [2.45, 2.75) is 277 Å². The van der Waals surface area contributed by atoms with Crippen molar-refractivity contribution < 1.29 is 52.2 Å². The first-order chi connectivity index (χ1) is 39.2. The Morgan fingerprint density at radius 2 is 0.650 bits per heavy atom. The molecule has 0 fully saturated rings. The number of phosphoric acid groups is 1. The Labute approximate surface area is 488 Å². The predicted molar refractivity (Wildman–Crippen MR) is 334 cm³/mol. The van der Waals surface area contributed by atoms with Gasteiger partial charge in [-0.3, -0.25) is 23.4 Å². The summed E-state index contributed by atoms with van der Waals surface area (Å²) in [6, 6.07) is 0. The topological polar surface area (TPSA) is 155 Å². The normalized spacial score (nSPS) is 14.0. The number of phosphoric ester groups is 1. The second-order valence-corrected chi connectivity index (χ2v) is 22.3. The quantitative estimate of drug-likeness (QED) is 0.0197. The fourth-order valence-corrected chi connectivity index (χ4v) is 9.22. The van der Waals surface area contributed by atoms with Crippen molar-refractivity contribution in [2.24, 2.45) is 0 Å². The van der Waals surface area contributed by atoms with Crippen LogP contribution >= 0.6 is 7.82 Å². The van der Waals surface area contributed by atoms with Crippen molar-refractivity contribution in [3.05, 3.63) is 109 Å². The number of hydrogen-bond donors (Lipinski definition) is 2. The molecule has 2 N–H and O–H groups in total. The van der Waals surface area contributed by atoms with E-state index in [0.29, 0.717) is 19.3 Å². The summed E-state index contributed by atoms with van der Waals surface area (Å²) < 4.78 is 39.6. The van der Waals surface area contributed by atoms with E-state index in [1.807, 2.05) is 0 Å². The third kappa shape index (κ3) is 58.8. The van der Waals surface area contributed by atoms with Crippen molar-refractivity contribution >= 4 is 25.7 Å². The lowest BCUT2D eigenvalue weighted by Crippen LogP contribution is -2.30. The van der Waals surface area contributed by atoms with Crippen molar-refractivity contribution in [1.29, 1.82) is 0 Å². The minimum absolute atomic E-state index is 0.121. The summed E-state index contributed by atoms with van der Waals surface area (Å²) in [5.74, 6) is -1.52. The molecule has 0 spiro atoms. The number of aliphatic hydroxyl groups is 1. The summed E-state index contributed by atoms with van der Waals surface area (Å²) >= 11 is 0. The van der Waals surface area contributed by atoms with Crippen LogP contribution in [0.25, 0.3) is 0 Å². The van der Waals surface area contributed by atoms with Crippen LogP contribution in [0.3, 0.4) is 0 Å². The lowest BCUT2D eigenvalue weighted by molar-refractivity contribution is -0.161. The number of unbranched alkanes of at least 4 members (excludes halogenated alkanes) is 23. The zero-order valence-corrected chi connectivity index (χ0v) is 51.7. The molecule has 0 heterocycles. The van der Waals surface area contributed by atoms with Gasteiger partial charge in [0, 0.05) is 19.3 Å². The van der Waals surface area contributed by atoms with Gasteiger partial charge in [0.1, 0.15) is 12.7 Å². The van der Waals surface area contributed by atoms with Gasteiger partial charge in [0.15, 0.2) is 6.10 Å². The van der Waals surface area contributed by atoms with Gasteiger partial charge in [-0.1, -0.05) is 252 Å². The average Bonchev–Trinajstić information content (AvgIpc) is 3.45. The summed E-state index contributed by atoms with van der Waals surface area (Å²) in [4.78, 5) is 48.7. The first-order valence-corrected chi connectivity index (χ1v) is 33.3.